The number of aryl methyl sites for hydroxylation is 1. The molecular formula is C16H14N2O5. The van der Waals surface area contributed by atoms with Gasteiger partial charge in [0.2, 0.25) is 0 Å². The van der Waals surface area contributed by atoms with Gasteiger partial charge in [-0.3, -0.25) is 14.9 Å². The number of carboxylic acid groups (broad SMARTS) is 1. The quantitative estimate of drug-likeness (QED) is 0.651. The minimum absolute atomic E-state index is 0.0363. The van der Waals surface area contributed by atoms with Crippen LogP contribution in [0.1, 0.15) is 31.8 Å². The lowest BCUT2D eigenvalue weighted by molar-refractivity contribution is -0.385. The van der Waals surface area contributed by atoms with Crippen LogP contribution in [0.3, 0.4) is 0 Å². The molecule has 0 aromatic heterocycles. The van der Waals surface area contributed by atoms with E-state index in [1.54, 1.807) is 19.1 Å². The van der Waals surface area contributed by atoms with Gasteiger partial charge in [0.05, 0.1) is 10.5 Å². The number of nitro groups is 1. The van der Waals surface area contributed by atoms with E-state index in [9.17, 15) is 19.7 Å². The van der Waals surface area contributed by atoms with Crippen LogP contribution < -0.4 is 5.32 Å². The molecule has 2 rings (SSSR count). The van der Waals surface area contributed by atoms with E-state index in [0.717, 1.165) is 5.56 Å². The summed E-state index contributed by atoms with van der Waals surface area (Å²) >= 11 is 0. The summed E-state index contributed by atoms with van der Waals surface area (Å²) in [6, 6.07) is 10.3. The average Bonchev–Trinajstić information content (AvgIpc) is 2.52. The number of rotatable bonds is 5. The molecule has 7 heteroatoms. The molecule has 0 aliphatic rings. The van der Waals surface area contributed by atoms with Gasteiger partial charge in [-0.15, -0.1) is 0 Å². The van der Waals surface area contributed by atoms with E-state index in [1.807, 2.05) is 0 Å². The van der Waals surface area contributed by atoms with Gasteiger partial charge in [0, 0.05) is 23.7 Å². The molecule has 1 amide bonds. The van der Waals surface area contributed by atoms with Crippen LogP contribution in [0.4, 0.5) is 5.69 Å². The fourth-order valence-corrected chi connectivity index (χ4v) is 2.05. The molecule has 0 bridgehead atoms. The first-order chi connectivity index (χ1) is 10.9. The topological polar surface area (TPSA) is 110 Å². The second-order valence-corrected chi connectivity index (χ2v) is 4.94. The molecule has 0 saturated carbocycles. The number of hydrogen-bond acceptors (Lipinski definition) is 4. The second kappa shape index (κ2) is 6.69. The van der Waals surface area contributed by atoms with Gasteiger partial charge in [-0.1, -0.05) is 12.1 Å². The Bertz CT molecular complexity index is 769. The summed E-state index contributed by atoms with van der Waals surface area (Å²) in [7, 11) is 0. The van der Waals surface area contributed by atoms with Gasteiger partial charge < -0.3 is 10.4 Å². The van der Waals surface area contributed by atoms with E-state index in [-0.39, 0.29) is 23.7 Å². The zero-order valence-electron chi connectivity index (χ0n) is 12.3. The molecule has 0 radical (unpaired) electrons. The minimum Gasteiger partial charge on any atom is -0.478 e. The van der Waals surface area contributed by atoms with Crippen molar-refractivity contribution >= 4 is 17.6 Å². The predicted molar refractivity (Wildman–Crippen MR) is 82.4 cm³/mol. The Hall–Kier alpha value is -3.22. The number of nitrogens with one attached hydrogen (secondary N) is 1. The SMILES string of the molecule is Cc1cc(C(=O)NCc2ccc(C(=O)O)cc2)ccc1[N+](=O)[O-]. The maximum atomic E-state index is 12.1. The molecular weight excluding hydrogens is 300 g/mol. The van der Waals surface area contributed by atoms with Crippen molar-refractivity contribution in [2.75, 3.05) is 0 Å². The lowest BCUT2D eigenvalue weighted by Crippen LogP contribution is -2.22. The van der Waals surface area contributed by atoms with E-state index in [1.165, 1.54) is 30.3 Å². The van der Waals surface area contributed by atoms with Crippen molar-refractivity contribution in [1.82, 2.24) is 5.32 Å². The van der Waals surface area contributed by atoms with Crippen LogP contribution in [0.15, 0.2) is 42.5 Å². The van der Waals surface area contributed by atoms with E-state index in [0.29, 0.717) is 11.1 Å². The molecule has 0 atom stereocenters. The summed E-state index contributed by atoms with van der Waals surface area (Å²) in [4.78, 5) is 33.1. The van der Waals surface area contributed by atoms with Crippen molar-refractivity contribution in [3.63, 3.8) is 0 Å². The van der Waals surface area contributed by atoms with Crippen molar-refractivity contribution in [1.29, 1.82) is 0 Å². The summed E-state index contributed by atoms with van der Waals surface area (Å²) in [5.74, 6) is -1.37. The number of nitrogens with zero attached hydrogens (tertiary/aromatic N) is 1. The molecule has 2 N–H and O–H groups in total. The summed E-state index contributed by atoms with van der Waals surface area (Å²) in [5, 5.41) is 22.2. The number of benzene rings is 2. The summed E-state index contributed by atoms with van der Waals surface area (Å²) in [5.41, 5.74) is 1.63. The largest absolute Gasteiger partial charge is 0.478 e. The number of aromatic carboxylic acids is 1. The van der Waals surface area contributed by atoms with Crippen molar-refractivity contribution in [3.05, 3.63) is 74.8 Å². The van der Waals surface area contributed by atoms with Gasteiger partial charge in [-0.25, -0.2) is 4.79 Å². The average molecular weight is 314 g/mol. The molecule has 23 heavy (non-hydrogen) atoms. The summed E-state index contributed by atoms with van der Waals surface area (Å²) < 4.78 is 0. The fraction of sp³-hybridized carbons (Fsp3) is 0.125. The van der Waals surface area contributed by atoms with Crippen LogP contribution in [0.5, 0.6) is 0 Å². The highest BCUT2D eigenvalue weighted by Crippen LogP contribution is 2.18. The molecule has 0 saturated heterocycles. The molecule has 2 aromatic rings. The lowest BCUT2D eigenvalue weighted by Gasteiger charge is -2.07. The fourth-order valence-electron chi connectivity index (χ4n) is 2.05. The molecule has 0 heterocycles. The lowest BCUT2D eigenvalue weighted by atomic mass is 10.1. The van der Waals surface area contributed by atoms with E-state index in [4.69, 9.17) is 5.11 Å². The number of nitro benzene ring substituents is 1. The Morgan fingerprint density at radius 1 is 1.13 bits per heavy atom. The highest BCUT2D eigenvalue weighted by Gasteiger charge is 2.13. The van der Waals surface area contributed by atoms with Crippen LogP contribution in [0.25, 0.3) is 0 Å². The molecule has 0 spiro atoms. The highest BCUT2D eigenvalue weighted by atomic mass is 16.6. The third kappa shape index (κ3) is 3.91. The van der Waals surface area contributed by atoms with Gasteiger partial charge in [0.1, 0.15) is 0 Å². The smallest absolute Gasteiger partial charge is 0.335 e. The van der Waals surface area contributed by atoms with Crippen LogP contribution >= 0.6 is 0 Å². The maximum absolute atomic E-state index is 12.1. The minimum atomic E-state index is -1.01. The van der Waals surface area contributed by atoms with E-state index >= 15 is 0 Å². The third-order valence-electron chi connectivity index (χ3n) is 3.31. The van der Waals surface area contributed by atoms with Gasteiger partial charge >= 0.3 is 5.97 Å². The van der Waals surface area contributed by atoms with Crippen molar-refractivity contribution in [2.45, 2.75) is 13.5 Å². The van der Waals surface area contributed by atoms with Gasteiger partial charge in [0.15, 0.2) is 0 Å². The Kier molecular flexibility index (Phi) is 4.70. The zero-order valence-corrected chi connectivity index (χ0v) is 12.3. The third-order valence-corrected chi connectivity index (χ3v) is 3.31. The molecule has 0 aliphatic carbocycles. The molecule has 7 nitrogen and oxygen atoms in total. The van der Waals surface area contributed by atoms with Crippen molar-refractivity contribution in [2.24, 2.45) is 0 Å². The van der Waals surface area contributed by atoms with Gasteiger partial charge in [0.25, 0.3) is 11.6 Å². The van der Waals surface area contributed by atoms with Gasteiger partial charge in [-0.05, 0) is 36.8 Å². The van der Waals surface area contributed by atoms with E-state index in [2.05, 4.69) is 5.32 Å². The van der Waals surface area contributed by atoms with Gasteiger partial charge in [-0.2, -0.15) is 0 Å². The van der Waals surface area contributed by atoms with Crippen LogP contribution in [-0.4, -0.2) is 21.9 Å². The molecule has 118 valence electrons. The Morgan fingerprint density at radius 2 is 1.74 bits per heavy atom. The molecule has 2 aromatic carbocycles. The highest BCUT2D eigenvalue weighted by molar-refractivity contribution is 5.94. The summed E-state index contributed by atoms with van der Waals surface area (Å²) in [6.07, 6.45) is 0. The normalized spacial score (nSPS) is 10.1. The molecule has 0 unspecified atom stereocenters. The predicted octanol–water partition coefficient (Wildman–Crippen LogP) is 2.53. The number of amides is 1. The first kappa shape index (κ1) is 16.2. The molecule has 0 fully saturated rings. The number of carbonyl (C=O) groups excluding carboxylic acids is 1. The van der Waals surface area contributed by atoms with Crippen molar-refractivity contribution in [3.8, 4) is 0 Å². The first-order valence-electron chi connectivity index (χ1n) is 6.74. The second-order valence-electron chi connectivity index (χ2n) is 4.94. The standard InChI is InChI=1S/C16H14N2O5/c1-10-8-13(6-7-14(10)18(22)23)15(19)17-9-11-2-4-12(5-3-11)16(20)21/h2-8H,9H2,1H3,(H,17,19)(H,20,21). The zero-order chi connectivity index (χ0) is 17.0. The monoisotopic (exact) mass is 314 g/mol. The van der Waals surface area contributed by atoms with Crippen molar-refractivity contribution < 1.29 is 19.6 Å². The van der Waals surface area contributed by atoms with Crippen LogP contribution in [0.2, 0.25) is 0 Å². The Morgan fingerprint density at radius 3 is 2.26 bits per heavy atom. The molecule has 0 aliphatic heterocycles. The first-order valence-corrected chi connectivity index (χ1v) is 6.74. The van der Waals surface area contributed by atoms with Crippen LogP contribution in [-0.2, 0) is 6.54 Å². The Labute approximate surface area is 131 Å². The Balaban J connectivity index is 2.03. The number of hydrogen-bond donors (Lipinski definition) is 2. The van der Waals surface area contributed by atoms with E-state index < -0.39 is 10.9 Å². The summed E-state index contributed by atoms with van der Waals surface area (Å²) in [6.45, 7) is 1.80. The van der Waals surface area contributed by atoms with Crippen LogP contribution in [0, 0.1) is 17.0 Å². The number of carbonyl (C=O) groups is 2. The number of carboxylic acids is 1. The maximum Gasteiger partial charge on any atom is 0.335 e.